The van der Waals surface area contributed by atoms with Gasteiger partial charge in [-0.1, -0.05) is 49.7 Å². The maximum atomic E-state index is 3.64. The molecule has 1 saturated heterocycles. The van der Waals surface area contributed by atoms with E-state index in [1.165, 1.54) is 29.2 Å². The Labute approximate surface area is 103 Å². The first-order valence-corrected chi connectivity index (χ1v) is 6.60. The quantitative estimate of drug-likeness (QED) is 0.817. The highest BCUT2D eigenvalue weighted by Crippen LogP contribution is 2.33. The summed E-state index contributed by atoms with van der Waals surface area (Å²) in [7, 11) is 0. The molecule has 2 aromatic rings. The Hall–Kier alpha value is -1.34. The first-order valence-electron chi connectivity index (χ1n) is 6.60. The van der Waals surface area contributed by atoms with E-state index >= 15 is 0 Å². The summed E-state index contributed by atoms with van der Waals surface area (Å²) in [4.78, 5) is 0. The molecule has 0 unspecified atom stereocenters. The number of fused-ring (bicyclic) bond motifs is 1. The van der Waals surface area contributed by atoms with Gasteiger partial charge in [-0.2, -0.15) is 0 Å². The molecule has 0 amide bonds. The molecule has 1 N–H and O–H groups in total. The van der Waals surface area contributed by atoms with Crippen molar-refractivity contribution in [1.82, 2.24) is 5.32 Å². The Morgan fingerprint density at radius 2 is 1.94 bits per heavy atom. The largest absolute Gasteiger partial charge is 0.310 e. The third kappa shape index (κ3) is 1.96. The van der Waals surface area contributed by atoms with Crippen molar-refractivity contribution in [2.45, 2.75) is 25.8 Å². The van der Waals surface area contributed by atoms with Crippen LogP contribution in [0.2, 0.25) is 0 Å². The van der Waals surface area contributed by atoms with Gasteiger partial charge in [-0.05, 0) is 41.3 Å². The van der Waals surface area contributed by atoms with E-state index in [1.54, 1.807) is 0 Å². The van der Waals surface area contributed by atoms with Gasteiger partial charge >= 0.3 is 0 Å². The van der Waals surface area contributed by atoms with Crippen molar-refractivity contribution in [3.63, 3.8) is 0 Å². The first kappa shape index (κ1) is 10.8. The van der Waals surface area contributed by atoms with Crippen LogP contribution >= 0.6 is 0 Å². The van der Waals surface area contributed by atoms with Crippen molar-refractivity contribution in [2.75, 3.05) is 6.54 Å². The number of benzene rings is 2. The number of hydrogen-bond acceptors (Lipinski definition) is 1. The maximum Gasteiger partial charge on any atom is 0.0349 e. The molecule has 3 rings (SSSR count). The molecule has 1 heteroatoms. The summed E-state index contributed by atoms with van der Waals surface area (Å²) >= 11 is 0. The highest BCUT2D eigenvalue weighted by molar-refractivity contribution is 5.83. The zero-order valence-electron chi connectivity index (χ0n) is 10.3. The lowest BCUT2D eigenvalue weighted by atomic mass is 9.91. The average molecular weight is 225 g/mol. The SMILES string of the molecule is CC[C@H]1CCN[C@@H]1c1ccc2ccccc2c1. The molecule has 0 spiro atoms. The molecule has 0 bridgehead atoms. The van der Waals surface area contributed by atoms with Gasteiger partial charge in [0, 0.05) is 6.04 Å². The predicted octanol–water partition coefficient (Wildman–Crippen LogP) is 3.90. The second-order valence-corrected chi connectivity index (χ2v) is 5.00. The van der Waals surface area contributed by atoms with Gasteiger partial charge in [0.05, 0.1) is 0 Å². The van der Waals surface area contributed by atoms with Crippen LogP contribution in [0.25, 0.3) is 10.8 Å². The number of hydrogen-bond donors (Lipinski definition) is 1. The highest BCUT2D eigenvalue weighted by Gasteiger charge is 2.26. The fourth-order valence-electron chi connectivity index (χ4n) is 2.99. The molecule has 1 aliphatic rings. The van der Waals surface area contributed by atoms with Gasteiger partial charge in [0.1, 0.15) is 0 Å². The minimum Gasteiger partial charge on any atom is -0.310 e. The fraction of sp³-hybridized carbons (Fsp3) is 0.375. The summed E-state index contributed by atoms with van der Waals surface area (Å²) in [6, 6.07) is 16.0. The molecule has 88 valence electrons. The lowest BCUT2D eigenvalue weighted by Crippen LogP contribution is -2.17. The predicted molar refractivity (Wildman–Crippen MR) is 73.1 cm³/mol. The third-order valence-electron chi connectivity index (χ3n) is 4.01. The Kier molecular flexibility index (Phi) is 2.86. The van der Waals surface area contributed by atoms with Gasteiger partial charge in [0.15, 0.2) is 0 Å². The molecule has 0 aliphatic carbocycles. The molecule has 1 heterocycles. The monoisotopic (exact) mass is 225 g/mol. The zero-order chi connectivity index (χ0) is 11.7. The zero-order valence-corrected chi connectivity index (χ0v) is 10.3. The molecule has 1 nitrogen and oxygen atoms in total. The Bertz CT molecular complexity index is 518. The first-order chi connectivity index (χ1) is 8.38. The van der Waals surface area contributed by atoms with Crippen molar-refractivity contribution in [3.05, 3.63) is 48.0 Å². The van der Waals surface area contributed by atoms with Gasteiger partial charge < -0.3 is 5.32 Å². The smallest absolute Gasteiger partial charge is 0.0349 e. The van der Waals surface area contributed by atoms with E-state index in [4.69, 9.17) is 0 Å². The van der Waals surface area contributed by atoms with Gasteiger partial charge in [-0.15, -0.1) is 0 Å². The Morgan fingerprint density at radius 3 is 2.76 bits per heavy atom. The molecule has 1 aliphatic heterocycles. The van der Waals surface area contributed by atoms with E-state index in [0.717, 1.165) is 12.5 Å². The molecule has 17 heavy (non-hydrogen) atoms. The van der Waals surface area contributed by atoms with E-state index in [1.807, 2.05) is 0 Å². The van der Waals surface area contributed by atoms with E-state index in [9.17, 15) is 0 Å². The van der Waals surface area contributed by atoms with Crippen LogP contribution < -0.4 is 5.32 Å². The fourth-order valence-corrected chi connectivity index (χ4v) is 2.99. The normalized spacial score (nSPS) is 24.3. The highest BCUT2D eigenvalue weighted by atomic mass is 14.9. The van der Waals surface area contributed by atoms with Crippen LogP contribution in [0.3, 0.4) is 0 Å². The lowest BCUT2D eigenvalue weighted by Gasteiger charge is -2.19. The summed E-state index contributed by atoms with van der Waals surface area (Å²) in [6.07, 6.45) is 2.58. The van der Waals surface area contributed by atoms with E-state index < -0.39 is 0 Å². The topological polar surface area (TPSA) is 12.0 Å². The number of nitrogens with one attached hydrogen (secondary N) is 1. The van der Waals surface area contributed by atoms with Crippen LogP contribution in [0.15, 0.2) is 42.5 Å². The summed E-state index contributed by atoms with van der Waals surface area (Å²) in [5, 5.41) is 6.33. The minimum absolute atomic E-state index is 0.560. The van der Waals surface area contributed by atoms with Crippen LogP contribution in [-0.2, 0) is 0 Å². The van der Waals surface area contributed by atoms with Crippen molar-refractivity contribution in [3.8, 4) is 0 Å². The van der Waals surface area contributed by atoms with Crippen LogP contribution in [0.1, 0.15) is 31.4 Å². The molecule has 2 aromatic carbocycles. The summed E-state index contributed by atoms with van der Waals surface area (Å²) in [5.41, 5.74) is 1.45. The summed E-state index contributed by atoms with van der Waals surface area (Å²) in [6.45, 7) is 3.46. The van der Waals surface area contributed by atoms with Crippen molar-refractivity contribution in [1.29, 1.82) is 0 Å². The van der Waals surface area contributed by atoms with E-state index in [2.05, 4.69) is 54.7 Å². The second kappa shape index (κ2) is 4.50. The molecular formula is C16H19N. The van der Waals surface area contributed by atoms with Crippen LogP contribution in [0.5, 0.6) is 0 Å². The third-order valence-corrected chi connectivity index (χ3v) is 4.01. The Morgan fingerprint density at radius 1 is 1.12 bits per heavy atom. The minimum atomic E-state index is 0.560. The van der Waals surface area contributed by atoms with Crippen molar-refractivity contribution < 1.29 is 0 Å². The van der Waals surface area contributed by atoms with E-state index in [-0.39, 0.29) is 0 Å². The summed E-state index contributed by atoms with van der Waals surface area (Å²) < 4.78 is 0. The van der Waals surface area contributed by atoms with Gasteiger partial charge in [-0.25, -0.2) is 0 Å². The lowest BCUT2D eigenvalue weighted by molar-refractivity contribution is 0.450. The Balaban J connectivity index is 2.00. The molecular weight excluding hydrogens is 206 g/mol. The van der Waals surface area contributed by atoms with E-state index in [0.29, 0.717) is 6.04 Å². The molecule has 0 aromatic heterocycles. The van der Waals surface area contributed by atoms with Crippen LogP contribution in [0.4, 0.5) is 0 Å². The van der Waals surface area contributed by atoms with Crippen LogP contribution in [0, 0.1) is 5.92 Å². The molecule has 2 atom stereocenters. The molecule has 1 fully saturated rings. The van der Waals surface area contributed by atoms with Crippen LogP contribution in [-0.4, -0.2) is 6.54 Å². The summed E-state index contributed by atoms with van der Waals surface area (Å²) in [5.74, 6) is 0.802. The van der Waals surface area contributed by atoms with Crippen molar-refractivity contribution >= 4 is 10.8 Å². The molecule has 0 saturated carbocycles. The molecule has 0 radical (unpaired) electrons. The number of rotatable bonds is 2. The van der Waals surface area contributed by atoms with Crippen molar-refractivity contribution in [2.24, 2.45) is 5.92 Å². The maximum absolute atomic E-state index is 3.64. The second-order valence-electron chi connectivity index (χ2n) is 5.00. The average Bonchev–Trinajstić information content (AvgIpc) is 2.86. The standard InChI is InChI=1S/C16H19N/c1-2-12-9-10-17-16(12)15-8-7-13-5-3-4-6-14(13)11-15/h3-8,11-12,16-17H,2,9-10H2,1H3/t12-,16-/m0/s1. The van der Waals surface area contributed by atoms with Gasteiger partial charge in [0.25, 0.3) is 0 Å². The van der Waals surface area contributed by atoms with Gasteiger partial charge in [0.2, 0.25) is 0 Å². The van der Waals surface area contributed by atoms with Gasteiger partial charge in [-0.3, -0.25) is 0 Å².